The van der Waals surface area contributed by atoms with E-state index in [0.717, 1.165) is 16.9 Å². The maximum absolute atomic E-state index is 9.76. The maximum atomic E-state index is 9.76. The van der Waals surface area contributed by atoms with Crippen LogP contribution in [-0.4, -0.2) is 44.0 Å². The minimum absolute atomic E-state index is 0.109. The number of phenols is 1. The molecule has 0 aliphatic heterocycles. The van der Waals surface area contributed by atoms with E-state index in [0.29, 0.717) is 6.54 Å². The number of ether oxygens (including phenoxy) is 1. The standard InChI is InChI=1S/C18H22N2O2/c1-20(2)16(15-9-5-7-11-18(15)22-3)13-19-12-14-8-4-6-10-17(14)21/h4-12,16,21H,13H2,1-3H3/t16-/m1/s1. The molecule has 1 N–H and O–H groups in total. The molecular weight excluding hydrogens is 276 g/mol. The highest BCUT2D eigenvalue weighted by atomic mass is 16.5. The van der Waals surface area contributed by atoms with Crippen LogP contribution in [0.15, 0.2) is 53.5 Å². The average Bonchev–Trinajstić information content (AvgIpc) is 2.53. The first-order valence-corrected chi connectivity index (χ1v) is 7.20. The van der Waals surface area contributed by atoms with Crippen molar-refractivity contribution in [1.82, 2.24) is 4.90 Å². The first kappa shape index (κ1) is 16.0. The van der Waals surface area contributed by atoms with E-state index < -0.39 is 0 Å². The number of hydrogen-bond acceptors (Lipinski definition) is 4. The number of rotatable bonds is 6. The highest BCUT2D eigenvalue weighted by Crippen LogP contribution is 2.28. The molecule has 0 fully saturated rings. The van der Waals surface area contributed by atoms with Gasteiger partial charge in [-0.15, -0.1) is 0 Å². The minimum Gasteiger partial charge on any atom is -0.507 e. The topological polar surface area (TPSA) is 45.1 Å². The first-order valence-electron chi connectivity index (χ1n) is 7.20. The quantitative estimate of drug-likeness (QED) is 0.833. The number of para-hydroxylation sites is 2. The van der Waals surface area contributed by atoms with Crippen LogP contribution in [0.3, 0.4) is 0 Å². The second kappa shape index (κ2) is 7.61. The highest BCUT2D eigenvalue weighted by molar-refractivity contribution is 5.83. The van der Waals surface area contributed by atoms with E-state index >= 15 is 0 Å². The van der Waals surface area contributed by atoms with Crippen LogP contribution >= 0.6 is 0 Å². The van der Waals surface area contributed by atoms with Crippen LogP contribution in [-0.2, 0) is 0 Å². The molecule has 0 saturated carbocycles. The summed E-state index contributed by atoms with van der Waals surface area (Å²) in [6.07, 6.45) is 1.71. The molecule has 116 valence electrons. The Bertz CT molecular complexity index is 638. The third kappa shape index (κ3) is 3.86. The average molecular weight is 298 g/mol. The number of phenolic OH excluding ortho intramolecular Hbond substituents is 1. The number of nitrogens with zero attached hydrogens (tertiary/aromatic N) is 2. The fraction of sp³-hybridized carbons (Fsp3) is 0.278. The molecule has 0 spiro atoms. The van der Waals surface area contributed by atoms with Crippen molar-refractivity contribution in [3.8, 4) is 11.5 Å². The van der Waals surface area contributed by atoms with E-state index in [4.69, 9.17) is 4.74 Å². The van der Waals surface area contributed by atoms with Gasteiger partial charge in [-0.1, -0.05) is 30.3 Å². The summed E-state index contributed by atoms with van der Waals surface area (Å²) in [5, 5.41) is 9.76. The molecule has 2 aromatic rings. The second-order valence-corrected chi connectivity index (χ2v) is 5.27. The fourth-order valence-corrected chi connectivity index (χ4v) is 2.33. The molecule has 4 nitrogen and oxygen atoms in total. The lowest BCUT2D eigenvalue weighted by atomic mass is 10.0. The predicted molar refractivity (Wildman–Crippen MR) is 90.0 cm³/mol. The Morgan fingerprint density at radius 3 is 2.50 bits per heavy atom. The Morgan fingerprint density at radius 1 is 1.14 bits per heavy atom. The van der Waals surface area contributed by atoms with Gasteiger partial charge in [0.15, 0.2) is 0 Å². The van der Waals surface area contributed by atoms with Gasteiger partial charge in [0.1, 0.15) is 11.5 Å². The molecule has 0 unspecified atom stereocenters. The number of likely N-dealkylation sites (N-methyl/N-ethyl adjacent to an activating group) is 1. The number of aromatic hydroxyl groups is 1. The molecule has 0 radical (unpaired) electrons. The van der Waals surface area contributed by atoms with Gasteiger partial charge in [-0.3, -0.25) is 4.99 Å². The molecular formula is C18H22N2O2. The second-order valence-electron chi connectivity index (χ2n) is 5.27. The Labute approximate surface area is 131 Å². The van der Waals surface area contributed by atoms with Crippen LogP contribution in [0.5, 0.6) is 11.5 Å². The molecule has 0 aromatic heterocycles. The van der Waals surface area contributed by atoms with Crippen LogP contribution in [0.2, 0.25) is 0 Å². The zero-order valence-corrected chi connectivity index (χ0v) is 13.2. The summed E-state index contributed by atoms with van der Waals surface area (Å²) in [6.45, 7) is 0.585. The predicted octanol–water partition coefficient (Wildman–Crippen LogP) is 3.12. The van der Waals surface area contributed by atoms with E-state index in [1.807, 2.05) is 44.4 Å². The van der Waals surface area contributed by atoms with E-state index in [1.165, 1.54) is 0 Å². The molecule has 22 heavy (non-hydrogen) atoms. The molecule has 0 bridgehead atoms. The Morgan fingerprint density at radius 2 is 1.82 bits per heavy atom. The van der Waals surface area contributed by atoms with Gasteiger partial charge >= 0.3 is 0 Å². The fourth-order valence-electron chi connectivity index (χ4n) is 2.33. The summed E-state index contributed by atoms with van der Waals surface area (Å²) in [6, 6.07) is 15.3. The van der Waals surface area contributed by atoms with Crippen LogP contribution in [0, 0.1) is 0 Å². The van der Waals surface area contributed by atoms with Gasteiger partial charge in [-0.25, -0.2) is 0 Å². The Hall–Kier alpha value is -2.33. The van der Waals surface area contributed by atoms with Crippen LogP contribution in [0.1, 0.15) is 17.2 Å². The lowest BCUT2D eigenvalue weighted by Crippen LogP contribution is -2.23. The summed E-state index contributed by atoms with van der Waals surface area (Å²) < 4.78 is 5.44. The summed E-state index contributed by atoms with van der Waals surface area (Å²) >= 11 is 0. The van der Waals surface area contributed by atoms with Gasteiger partial charge in [0.05, 0.1) is 19.7 Å². The van der Waals surface area contributed by atoms with Gasteiger partial charge in [0.25, 0.3) is 0 Å². The molecule has 2 aromatic carbocycles. The highest BCUT2D eigenvalue weighted by Gasteiger charge is 2.17. The van der Waals surface area contributed by atoms with Crippen molar-refractivity contribution < 1.29 is 9.84 Å². The van der Waals surface area contributed by atoms with E-state index in [9.17, 15) is 5.11 Å². The Balaban J connectivity index is 2.18. The molecule has 0 aliphatic carbocycles. The van der Waals surface area contributed by atoms with Crippen LogP contribution in [0.4, 0.5) is 0 Å². The maximum Gasteiger partial charge on any atom is 0.124 e. The molecule has 2 rings (SSSR count). The third-order valence-corrected chi connectivity index (χ3v) is 3.57. The smallest absolute Gasteiger partial charge is 0.124 e. The minimum atomic E-state index is 0.109. The monoisotopic (exact) mass is 298 g/mol. The molecule has 0 heterocycles. The summed E-state index contributed by atoms with van der Waals surface area (Å²) in [4.78, 5) is 6.60. The van der Waals surface area contributed by atoms with Gasteiger partial charge in [-0.2, -0.15) is 0 Å². The lowest BCUT2D eigenvalue weighted by Gasteiger charge is -2.24. The summed E-state index contributed by atoms with van der Waals surface area (Å²) in [7, 11) is 5.72. The van der Waals surface area contributed by atoms with E-state index in [-0.39, 0.29) is 11.8 Å². The van der Waals surface area contributed by atoms with Crippen molar-refractivity contribution in [2.24, 2.45) is 4.99 Å². The number of hydrogen-bond donors (Lipinski definition) is 1. The van der Waals surface area contributed by atoms with Crippen molar-refractivity contribution in [3.05, 3.63) is 59.7 Å². The first-order chi connectivity index (χ1) is 10.6. The zero-order chi connectivity index (χ0) is 15.9. The van der Waals surface area contributed by atoms with Crippen molar-refractivity contribution in [2.75, 3.05) is 27.7 Å². The zero-order valence-electron chi connectivity index (χ0n) is 13.2. The van der Waals surface area contributed by atoms with Gasteiger partial charge in [0.2, 0.25) is 0 Å². The summed E-state index contributed by atoms with van der Waals surface area (Å²) in [5.74, 6) is 1.10. The van der Waals surface area contributed by atoms with E-state index in [1.54, 1.807) is 25.5 Å². The van der Waals surface area contributed by atoms with Gasteiger partial charge in [0, 0.05) is 17.3 Å². The van der Waals surface area contributed by atoms with E-state index in [2.05, 4.69) is 16.0 Å². The van der Waals surface area contributed by atoms with Gasteiger partial charge in [-0.05, 0) is 32.3 Å². The normalized spacial score (nSPS) is 12.7. The summed E-state index contributed by atoms with van der Waals surface area (Å²) in [5.41, 5.74) is 1.82. The van der Waals surface area contributed by atoms with Gasteiger partial charge < -0.3 is 14.7 Å². The Kier molecular flexibility index (Phi) is 5.55. The number of methoxy groups -OCH3 is 1. The van der Waals surface area contributed by atoms with Crippen molar-refractivity contribution in [2.45, 2.75) is 6.04 Å². The van der Waals surface area contributed by atoms with Crippen molar-refractivity contribution >= 4 is 6.21 Å². The van der Waals surface area contributed by atoms with Crippen LogP contribution in [0.25, 0.3) is 0 Å². The van der Waals surface area contributed by atoms with Crippen molar-refractivity contribution in [1.29, 1.82) is 0 Å². The van der Waals surface area contributed by atoms with Crippen LogP contribution < -0.4 is 4.74 Å². The third-order valence-electron chi connectivity index (χ3n) is 3.57. The molecule has 1 atom stereocenters. The SMILES string of the molecule is COc1ccccc1[C@@H](CN=Cc1ccccc1O)N(C)C. The number of benzene rings is 2. The largest absolute Gasteiger partial charge is 0.507 e. The molecule has 0 amide bonds. The molecule has 0 saturated heterocycles. The lowest BCUT2D eigenvalue weighted by molar-refractivity contribution is 0.295. The van der Waals surface area contributed by atoms with Crippen molar-refractivity contribution in [3.63, 3.8) is 0 Å². The molecule has 4 heteroatoms. The molecule has 0 aliphatic rings. The number of aliphatic imine (C=N–C) groups is 1.